The largest absolute Gasteiger partial charge is 0.478 e. The Balaban J connectivity index is 1.87. The molecule has 2 aromatic rings. The molecule has 0 spiro atoms. The third kappa shape index (κ3) is 2.47. The minimum absolute atomic E-state index is 0.115. The number of amides is 1. The molecular formula is C15H13N3O3. The van der Waals surface area contributed by atoms with Gasteiger partial charge in [-0.25, -0.2) is 4.79 Å². The lowest BCUT2D eigenvalue weighted by Gasteiger charge is -2.29. The van der Waals surface area contributed by atoms with Crippen LogP contribution in [0.1, 0.15) is 31.8 Å². The molecule has 1 N–H and O–H groups in total. The Morgan fingerprint density at radius 1 is 1.19 bits per heavy atom. The van der Waals surface area contributed by atoms with Gasteiger partial charge in [0.2, 0.25) is 0 Å². The van der Waals surface area contributed by atoms with Crippen molar-refractivity contribution in [3.63, 3.8) is 0 Å². The highest BCUT2D eigenvalue weighted by molar-refractivity contribution is 5.94. The molecule has 1 aromatic carbocycles. The van der Waals surface area contributed by atoms with Crippen LogP contribution >= 0.6 is 0 Å². The van der Waals surface area contributed by atoms with Gasteiger partial charge >= 0.3 is 5.97 Å². The first kappa shape index (κ1) is 13.2. The second-order valence-electron chi connectivity index (χ2n) is 4.86. The van der Waals surface area contributed by atoms with Gasteiger partial charge in [0.05, 0.1) is 23.5 Å². The molecule has 1 aromatic heterocycles. The molecule has 0 saturated carbocycles. The summed E-state index contributed by atoms with van der Waals surface area (Å²) in [5.74, 6) is -1.04. The van der Waals surface area contributed by atoms with Crippen molar-refractivity contribution in [3.05, 3.63) is 58.9 Å². The molecule has 0 bridgehead atoms. The van der Waals surface area contributed by atoms with Gasteiger partial charge in [0.1, 0.15) is 0 Å². The summed E-state index contributed by atoms with van der Waals surface area (Å²) >= 11 is 0. The predicted octanol–water partition coefficient (Wildman–Crippen LogP) is 1.37. The van der Waals surface area contributed by atoms with Crippen molar-refractivity contribution in [3.8, 4) is 0 Å². The fourth-order valence-corrected chi connectivity index (χ4v) is 2.58. The van der Waals surface area contributed by atoms with Crippen LogP contribution in [0.4, 0.5) is 0 Å². The van der Waals surface area contributed by atoms with E-state index in [4.69, 9.17) is 0 Å². The van der Waals surface area contributed by atoms with Crippen molar-refractivity contribution in [1.82, 2.24) is 15.1 Å². The Labute approximate surface area is 121 Å². The van der Waals surface area contributed by atoms with Crippen LogP contribution in [0.2, 0.25) is 0 Å². The Hall–Kier alpha value is -2.76. The summed E-state index contributed by atoms with van der Waals surface area (Å²) in [5.41, 5.74) is 2.52. The highest BCUT2D eigenvalue weighted by Gasteiger charge is 2.24. The molecule has 1 aliphatic heterocycles. The van der Waals surface area contributed by atoms with Crippen molar-refractivity contribution in [2.24, 2.45) is 0 Å². The summed E-state index contributed by atoms with van der Waals surface area (Å²) in [6.07, 6.45) is 3.46. The Morgan fingerprint density at radius 3 is 2.76 bits per heavy atom. The van der Waals surface area contributed by atoms with E-state index in [2.05, 4.69) is 10.2 Å². The lowest BCUT2D eigenvalue weighted by atomic mass is 9.94. The number of rotatable bonds is 2. The maximum Gasteiger partial charge on any atom is 0.335 e. The van der Waals surface area contributed by atoms with Gasteiger partial charge in [-0.3, -0.25) is 4.79 Å². The third-order valence-electron chi connectivity index (χ3n) is 3.61. The summed E-state index contributed by atoms with van der Waals surface area (Å²) in [6.45, 7) is 0.913. The lowest BCUT2D eigenvalue weighted by Crippen LogP contribution is -2.36. The number of carboxylic acid groups (broad SMARTS) is 1. The summed E-state index contributed by atoms with van der Waals surface area (Å²) in [7, 11) is 0. The molecule has 0 atom stereocenters. The predicted molar refractivity (Wildman–Crippen MR) is 73.9 cm³/mol. The van der Waals surface area contributed by atoms with Crippen molar-refractivity contribution in [1.29, 1.82) is 0 Å². The van der Waals surface area contributed by atoms with E-state index in [1.807, 2.05) is 6.07 Å². The monoisotopic (exact) mass is 283 g/mol. The first-order chi connectivity index (χ1) is 10.2. The minimum atomic E-state index is -0.926. The quantitative estimate of drug-likeness (QED) is 0.900. The van der Waals surface area contributed by atoms with E-state index in [0.29, 0.717) is 30.6 Å². The van der Waals surface area contributed by atoms with Gasteiger partial charge in [-0.2, -0.15) is 10.2 Å². The van der Waals surface area contributed by atoms with E-state index in [0.717, 1.165) is 11.1 Å². The first-order valence-electron chi connectivity index (χ1n) is 6.57. The van der Waals surface area contributed by atoms with Crippen molar-refractivity contribution in [2.75, 3.05) is 6.54 Å². The summed E-state index contributed by atoms with van der Waals surface area (Å²) in [6, 6.07) is 6.81. The number of aromatic carboxylic acids is 1. The number of carboxylic acids is 1. The van der Waals surface area contributed by atoms with Crippen LogP contribution in [-0.2, 0) is 13.0 Å². The number of nitrogens with zero attached hydrogens (tertiary/aromatic N) is 3. The topological polar surface area (TPSA) is 83.4 Å². The fraction of sp³-hybridized carbons (Fsp3) is 0.200. The van der Waals surface area contributed by atoms with Crippen molar-refractivity contribution in [2.45, 2.75) is 13.0 Å². The molecule has 1 aliphatic rings. The average Bonchev–Trinajstić information content (AvgIpc) is 2.53. The van der Waals surface area contributed by atoms with Gasteiger partial charge in [-0.15, -0.1) is 0 Å². The lowest BCUT2D eigenvalue weighted by molar-refractivity contribution is 0.0694. The molecule has 0 radical (unpaired) electrons. The first-order valence-corrected chi connectivity index (χ1v) is 6.57. The zero-order chi connectivity index (χ0) is 14.8. The number of benzene rings is 1. The highest BCUT2D eigenvalue weighted by atomic mass is 16.4. The van der Waals surface area contributed by atoms with Crippen LogP contribution in [-0.4, -0.2) is 38.6 Å². The molecule has 0 saturated heterocycles. The van der Waals surface area contributed by atoms with Gasteiger partial charge < -0.3 is 10.0 Å². The molecule has 2 heterocycles. The van der Waals surface area contributed by atoms with E-state index in [9.17, 15) is 14.7 Å². The highest BCUT2D eigenvalue weighted by Crippen LogP contribution is 2.23. The number of carbonyl (C=O) groups excluding carboxylic acids is 1. The molecule has 0 unspecified atom stereocenters. The van der Waals surface area contributed by atoms with Crippen LogP contribution < -0.4 is 0 Å². The molecular weight excluding hydrogens is 270 g/mol. The van der Waals surface area contributed by atoms with Crippen LogP contribution in [0.25, 0.3) is 0 Å². The minimum Gasteiger partial charge on any atom is -0.478 e. The summed E-state index contributed by atoms with van der Waals surface area (Å²) < 4.78 is 0. The van der Waals surface area contributed by atoms with E-state index in [-0.39, 0.29) is 5.91 Å². The maximum atomic E-state index is 12.4. The molecule has 6 heteroatoms. The van der Waals surface area contributed by atoms with E-state index < -0.39 is 5.97 Å². The fourth-order valence-electron chi connectivity index (χ4n) is 2.58. The molecule has 1 amide bonds. The maximum absolute atomic E-state index is 12.4. The third-order valence-corrected chi connectivity index (χ3v) is 3.61. The van der Waals surface area contributed by atoms with Crippen molar-refractivity contribution >= 4 is 11.9 Å². The normalized spacial score (nSPS) is 13.6. The number of hydrogen-bond donors (Lipinski definition) is 1. The summed E-state index contributed by atoms with van der Waals surface area (Å²) in [5, 5.41) is 16.6. The Kier molecular flexibility index (Phi) is 3.35. The second-order valence-corrected chi connectivity index (χ2v) is 4.86. The number of hydrogen-bond acceptors (Lipinski definition) is 4. The average molecular weight is 283 g/mol. The summed E-state index contributed by atoms with van der Waals surface area (Å²) in [4.78, 5) is 25.3. The van der Waals surface area contributed by atoms with Gasteiger partial charge in [-0.05, 0) is 29.7 Å². The Morgan fingerprint density at radius 2 is 2.05 bits per heavy atom. The van der Waals surface area contributed by atoms with Gasteiger partial charge in [0.25, 0.3) is 5.91 Å². The number of aromatic nitrogens is 2. The molecule has 0 aliphatic carbocycles. The Bertz CT molecular complexity index is 701. The number of carbonyl (C=O) groups is 2. The molecule has 0 fully saturated rings. The van der Waals surface area contributed by atoms with E-state index in [1.54, 1.807) is 23.1 Å². The SMILES string of the molecule is O=C(O)c1cccc2c1CCN(C(=O)c1ccnnc1)C2. The number of fused-ring (bicyclic) bond motifs is 1. The van der Waals surface area contributed by atoms with Gasteiger partial charge in [-0.1, -0.05) is 12.1 Å². The zero-order valence-electron chi connectivity index (χ0n) is 11.2. The van der Waals surface area contributed by atoms with E-state index >= 15 is 0 Å². The second kappa shape index (κ2) is 5.32. The van der Waals surface area contributed by atoms with Gasteiger partial charge in [0, 0.05) is 13.1 Å². The van der Waals surface area contributed by atoms with E-state index in [1.165, 1.54) is 12.4 Å². The van der Waals surface area contributed by atoms with Gasteiger partial charge in [0.15, 0.2) is 0 Å². The molecule has 6 nitrogen and oxygen atoms in total. The zero-order valence-corrected chi connectivity index (χ0v) is 11.2. The molecule has 21 heavy (non-hydrogen) atoms. The standard InChI is InChI=1S/C15H13N3O3/c19-14(10-4-6-16-17-8-10)18-7-5-12-11(9-18)2-1-3-13(12)15(20)21/h1-4,6,8H,5,7,9H2,(H,20,21). The molecule has 3 rings (SSSR count). The molecule has 106 valence electrons. The smallest absolute Gasteiger partial charge is 0.335 e. The van der Waals surface area contributed by atoms with Crippen molar-refractivity contribution < 1.29 is 14.7 Å². The van der Waals surface area contributed by atoms with Crippen LogP contribution in [0.15, 0.2) is 36.7 Å². The van der Waals surface area contributed by atoms with Crippen LogP contribution in [0, 0.1) is 0 Å². The van der Waals surface area contributed by atoms with Crippen LogP contribution in [0.5, 0.6) is 0 Å². The van der Waals surface area contributed by atoms with Crippen LogP contribution in [0.3, 0.4) is 0 Å².